The van der Waals surface area contributed by atoms with Crippen molar-refractivity contribution in [1.82, 2.24) is 9.62 Å². The van der Waals surface area contributed by atoms with E-state index in [1.54, 1.807) is 40.0 Å². The Bertz CT molecular complexity index is 817. The van der Waals surface area contributed by atoms with Crippen molar-refractivity contribution in [3.8, 4) is 0 Å². The first-order chi connectivity index (χ1) is 13.2. The van der Waals surface area contributed by atoms with Crippen LogP contribution in [0.2, 0.25) is 0 Å². The molecule has 1 aromatic rings. The second-order valence-corrected chi connectivity index (χ2v) is 9.18. The van der Waals surface area contributed by atoms with E-state index in [1.807, 2.05) is 0 Å². The molecule has 1 aromatic carbocycles. The SMILES string of the molecule is CCN(CC)S(=O)(=O)c1cc(NC(=O)C[NH+](C)CC(=O)NC2CC2)ccc1C. The van der Waals surface area contributed by atoms with Gasteiger partial charge >= 0.3 is 0 Å². The summed E-state index contributed by atoms with van der Waals surface area (Å²) >= 11 is 0. The number of anilines is 1. The average Bonchev–Trinajstić information content (AvgIpc) is 3.40. The van der Waals surface area contributed by atoms with E-state index in [0.717, 1.165) is 17.7 Å². The summed E-state index contributed by atoms with van der Waals surface area (Å²) in [5, 5.41) is 5.64. The monoisotopic (exact) mass is 411 g/mol. The fourth-order valence-electron chi connectivity index (χ4n) is 2.98. The molecule has 28 heavy (non-hydrogen) atoms. The maximum absolute atomic E-state index is 12.8. The lowest BCUT2D eigenvalue weighted by molar-refractivity contribution is -0.862. The molecule has 156 valence electrons. The third-order valence-electron chi connectivity index (χ3n) is 4.66. The Labute approximate surface area is 167 Å². The molecule has 0 aromatic heterocycles. The first kappa shape index (κ1) is 22.3. The van der Waals surface area contributed by atoms with Gasteiger partial charge in [0.15, 0.2) is 13.1 Å². The standard InChI is InChI=1S/C19H30N4O4S/c1-5-23(6-2)28(26,27)17-11-16(8-7-14(17)3)21-19(25)13-22(4)12-18(24)20-15-9-10-15/h7-8,11,15H,5-6,9-10,12-13H2,1-4H3,(H,20,24)(H,21,25)/p+1. The summed E-state index contributed by atoms with van der Waals surface area (Å²) < 4.78 is 27.0. The van der Waals surface area contributed by atoms with Crippen LogP contribution < -0.4 is 15.5 Å². The van der Waals surface area contributed by atoms with Gasteiger partial charge in [-0.3, -0.25) is 9.59 Å². The van der Waals surface area contributed by atoms with Gasteiger partial charge in [-0.1, -0.05) is 19.9 Å². The normalized spacial score (nSPS) is 15.3. The van der Waals surface area contributed by atoms with Crippen LogP contribution in [0.15, 0.2) is 23.1 Å². The van der Waals surface area contributed by atoms with Crippen molar-refractivity contribution in [2.75, 3.05) is 38.5 Å². The zero-order chi connectivity index (χ0) is 20.9. The summed E-state index contributed by atoms with van der Waals surface area (Å²) in [5.41, 5.74) is 1.06. The summed E-state index contributed by atoms with van der Waals surface area (Å²) in [6.07, 6.45) is 2.05. The molecule has 9 heteroatoms. The molecule has 0 spiro atoms. The molecular formula is C19H31N4O4S+. The molecule has 1 saturated carbocycles. The molecule has 0 aliphatic heterocycles. The Morgan fingerprint density at radius 3 is 2.32 bits per heavy atom. The van der Waals surface area contributed by atoms with Crippen LogP contribution in [0.1, 0.15) is 32.3 Å². The molecule has 8 nitrogen and oxygen atoms in total. The lowest BCUT2D eigenvalue weighted by atomic mass is 10.2. The van der Waals surface area contributed by atoms with Crippen LogP contribution >= 0.6 is 0 Å². The van der Waals surface area contributed by atoms with E-state index in [9.17, 15) is 18.0 Å². The number of rotatable bonds is 10. The third-order valence-corrected chi connectivity index (χ3v) is 6.85. The number of carbonyl (C=O) groups excluding carboxylic acids is 2. The molecular weight excluding hydrogens is 380 g/mol. The molecule has 1 unspecified atom stereocenters. The van der Waals surface area contributed by atoms with Gasteiger partial charge in [-0.25, -0.2) is 8.42 Å². The number of benzene rings is 1. The van der Waals surface area contributed by atoms with Gasteiger partial charge < -0.3 is 15.5 Å². The van der Waals surface area contributed by atoms with Crippen molar-refractivity contribution in [2.24, 2.45) is 0 Å². The van der Waals surface area contributed by atoms with Crippen molar-refractivity contribution in [3.05, 3.63) is 23.8 Å². The van der Waals surface area contributed by atoms with Gasteiger partial charge in [0.05, 0.1) is 11.9 Å². The zero-order valence-corrected chi connectivity index (χ0v) is 17.9. The van der Waals surface area contributed by atoms with E-state index in [-0.39, 0.29) is 29.8 Å². The van der Waals surface area contributed by atoms with E-state index in [4.69, 9.17) is 0 Å². The molecule has 0 bridgehead atoms. The number of carbonyl (C=O) groups is 2. The van der Waals surface area contributed by atoms with Crippen LogP contribution in [-0.2, 0) is 19.6 Å². The molecule has 1 aliphatic carbocycles. The van der Waals surface area contributed by atoms with Crippen LogP contribution in [0.3, 0.4) is 0 Å². The summed E-state index contributed by atoms with van der Waals surface area (Å²) in [6.45, 7) is 6.42. The number of aryl methyl sites for hydroxylation is 1. The van der Waals surface area contributed by atoms with E-state index >= 15 is 0 Å². The summed E-state index contributed by atoms with van der Waals surface area (Å²) in [7, 11) is -1.84. The van der Waals surface area contributed by atoms with E-state index in [2.05, 4.69) is 10.6 Å². The minimum atomic E-state index is -3.61. The van der Waals surface area contributed by atoms with Gasteiger partial charge in [-0.05, 0) is 37.5 Å². The predicted molar refractivity (Wildman–Crippen MR) is 108 cm³/mol. The minimum Gasteiger partial charge on any atom is -0.348 e. The molecule has 1 fully saturated rings. The van der Waals surface area contributed by atoms with Crippen LogP contribution in [0, 0.1) is 6.92 Å². The molecule has 0 radical (unpaired) electrons. The number of likely N-dealkylation sites (N-methyl/N-ethyl adjacent to an activating group) is 1. The van der Waals surface area contributed by atoms with Crippen LogP contribution in [-0.4, -0.2) is 63.8 Å². The predicted octanol–water partition coefficient (Wildman–Crippen LogP) is -0.243. The molecule has 2 rings (SSSR count). The quantitative estimate of drug-likeness (QED) is 0.495. The minimum absolute atomic E-state index is 0.0595. The van der Waals surface area contributed by atoms with Crippen molar-refractivity contribution >= 4 is 27.5 Å². The van der Waals surface area contributed by atoms with Gasteiger partial charge in [-0.2, -0.15) is 4.31 Å². The Kier molecular flexibility index (Phi) is 7.56. The zero-order valence-electron chi connectivity index (χ0n) is 17.0. The maximum atomic E-state index is 12.8. The van der Waals surface area contributed by atoms with E-state index < -0.39 is 10.0 Å². The van der Waals surface area contributed by atoms with Gasteiger partial charge in [0.2, 0.25) is 10.0 Å². The Balaban J connectivity index is 2.01. The Morgan fingerprint density at radius 1 is 1.14 bits per heavy atom. The van der Waals surface area contributed by atoms with Gasteiger partial charge in [-0.15, -0.1) is 0 Å². The highest BCUT2D eigenvalue weighted by Crippen LogP contribution is 2.23. The smallest absolute Gasteiger partial charge is 0.279 e. The molecule has 1 aliphatic rings. The van der Waals surface area contributed by atoms with Gasteiger partial charge in [0, 0.05) is 24.8 Å². The second kappa shape index (κ2) is 9.49. The number of quaternary nitrogens is 1. The summed E-state index contributed by atoms with van der Waals surface area (Å²) in [4.78, 5) is 25.1. The van der Waals surface area contributed by atoms with Crippen molar-refractivity contribution in [3.63, 3.8) is 0 Å². The van der Waals surface area contributed by atoms with Crippen LogP contribution in [0.25, 0.3) is 0 Å². The first-order valence-corrected chi connectivity index (χ1v) is 11.1. The van der Waals surface area contributed by atoms with Crippen molar-refractivity contribution in [1.29, 1.82) is 0 Å². The Hall–Kier alpha value is -1.97. The molecule has 1 atom stereocenters. The molecule has 2 amide bonds. The third kappa shape index (κ3) is 6.02. The number of sulfonamides is 1. The summed E-state index contributed by atoms with van der Waals surface area (Å²) in [5.74, 6) is -0.331. The molecule has 3 N–H and O–H groups in total. The highest BCUT2D eigenvalue weighted by atomic mass is 32.2. The van der Waals surface area contributed by atoms with Crippen LogP contribution in [0.5, 0.6) is 0 Å². The van der Waals surface area contributed by atoms with Crippen LogP contribution in [0.4, 0.5) is 5.69 Å². The lowest BCUT2D eigenvalue weighted by Crippen LogP contribution is -3.11. The number of hydrogen-bond acceptors (Lipinski definition) is 4. The number of nitrogens with one attached hydrogen (secondary N) is 3. The lowest BCUT2D eigenvalue weighted by Gasteiger charge is -2.20. The fourth-order valence-corrected chi connectivity index (χ4v) is 4.69. The highest BCUT2D eigenvalue weighted by molar-refractivity contribution is 7.89. The Morgan fingerprint density at radius 2 is 1.75 bits per heavy atom. The highest BCUT2D eigenvalue weighted by Gasteiger charge is 2.26. The largest absolute Gasteiger partial charge is 0.348 e. The second-order valence-electron chi connectivity index (χ2n) is 7.27. The van der Waals surface area contributed by atoms with E-state index in [0.29, 0.717) is 30.4 Å². The maximum Gasteiger partial charge on any atom is 0.279 e. The van der Waals surface area contributed by atoms with Gasteiger partial charge in [0.25, 0.3) is 11.8 Å². The van der Waals surface area contributed by atoms with Gasteiger partial charge in [0.1, 0.15) is 0 Å². The number of amides is 2. The van der Waals surface area contributed by atoms with E-state index in [1.165, 1.54) is 10.4 Å². The average molecular weight is 412 g/mol. The first-order valence-electron chi connectivity index (χ1n) is 9.68. The number of nitrogens with zero attached hydrogens (tertiary/aromatic N) is 1. The topological polar surface area (TPSA) is 100 Å². The number of hydrogen-bond donors (Lipinski definition) is 3. The van der Waals surface area contributed by atoms with Crippen molar-refractivity contribution < 1.29 is 22.9 Å². The van der Waals surface area contributed by atoms with Crippen molar-refractivity contribution in [2.45, 2.75) is 44.6 Å². The summed E-state index contributed by atoms with van der Waals surface area (Å²) in [6, 6.07) is 5.17. The fraction of sp³-hybridized carbons (Fsp3) is 0.579. The molecule has 0 heterocycles. The molecule has 0 saturated heterocycles.